The Bertz CT molecular complexity index is 589. The van der Waals surface area contributed by atoms with Crippen LogP contribution in [0.25, 0.3) is 5.65 Å². The largest absolute Gasteiger partial charge is 0.462 e. The Kier molecular flexibility index (Phi) is 2.98. The second kappa shape index (κ2) is 4.32. The lowest BCUT2D eigenvalue weighted by molar-refractivity contribution is -0.142. The van der Waals surface area contributed by atoms with Crippen molar-refractivity contribution < 1.29 is 22.7 Å². The van der Waals surface area contributed by atoms with Gasteiger partial charge in [-0.1, -0.05) is 0 Å². The average molecular weight is 258 g/mol. The fourth-order valence-corrected chi connectivity index (χ4v) is 1.61. The number of fused-ring (bicyclic) bond motifs is 1. The summed E-state index contributed by atoms with van der Waals surface area (Å²) in [6.45, 7) is 1.76. The van der Waals surface area contributed by atoms with Crippen molar-refractivity contribution in [3.63, 3.8) is 0 Å². The normalized spacial score (nSPS) is 11.8. The third-order valence-electron chi connectivity index (χ3n) is 2.33. The molecule has 2 heterocycles. The highest BCUT2D eigenvalue weighted by Crippen LogP contribution is 2.30. The van der Waals surface area contributed by atoms with E-state index in [1.54, 1.807) is 6.92 Å². The molecule has 0 unspecified atom stereocenters. The number of imidazole rings is 1. The van der Waals surface area contributed by atoms with E-state index < -0.39 is 17.8 Å². The summed E-state index contributed by atoms with van der Waals surface area (Å²) in [6, 6.07) is 1.91. The predicted octanol–water partition coefficient (Wildman–Crippen LogP) is 2.53. The van der Waals surface area contributed by atoms with Crippen molar-refractivity contribution in [3.05, 3.63) is 35.8 Å². The first-order chi connectivity index (χ1) is 8.45. The Morgan fingerprint density at radius 2 is 2.17 bits per heavy atom. The lowest BCUT2D eigenvalue weighted by Crippen LogP contribution is -2.14. The molecule has 0 saturated carbocycles. The first-order valence-electron chi connectivity index (χ1n) is 5.15. The zero-order valence-electron chi connectivity index (χ0n) is 9.36. The second-order valence-corrected chi connectivity index (χ2v) is 3.47. The molecule has 96 valence electrons. The second-order valence-electron chi connectivity index (χ2n) is 3.47. The third kappa shape index (κ3) is 2.03. The van der Waals surface area contributed by atoms with Crippen LogP contribution in [0.2, 0.25) is 0 Å². The molecular weight excluding hydrogens is 249 g/mol. The van der Waals surface area contributed by atoms with Gasteiger partial charge in [-0.25, -0.2) is 9.78 Å². The molecule has 0 fully saturated rings. The standard InChI is InChI=1S/C11H9F3N2O2/c1-2-18-10(17)7-3-4-8(11(12,13)14)16-6-5-15-9(7)16/h3-6H,2H2,1H3. The molecule has 0 amide bonds. The van der Waals surface area contributed by atoms with E-state index in [-0.39, 0.29) is 17.8 Å². The molecule has 2 aromatic rings. The molecule has 0 bridgehead atoms. The zero-order valence-corrected chi connectivity index (χ0v) is 9.36. The molecule has 2 rings (SSSR count). The smallest absolute Gasteiger partial charge is 0.431 e. The van der Waals surface area contributed by atoms with Crippen molar-refractivity contribution in [2.24, 2.45) is 0 Å². The van der Waals surface area contributed by atoms with Crippen LogP contribution < -0.4 is 0 Å². The summed E-state index contributed by atoms with van der Waals surface area (Å²) in [6.07, 6.45) is -2.15. The van der Waals surface area contributed by atoms with E-state index in [2.05, 4.69) is 4.98 Å². The molecule has 0 N–H and O–H groups in total. The van der Waals surface area contributed by atoms with E-state index in [0.717, 1.165) is 22.7 Å². The minimum absolute atomic E-state index is 0.00912. The minimum atomic E-state index is -4.51. The number of pyridine rings is 1. The van der Waals surface area contributed by atoms with Crippen molar-refractivity contribution in [2.75, 3.05) is 6.61 Å². The molecule has 0 spiro atoms. The van der Waals surface area contributed by atoms with E-state index >= 15 is 0 Å². The summed E-state index contributed by atoms with van der Waals surface area (Å²) < 4.78 is 43.7. The number of hydrogen-bond donors (Lipinski definition) is 0. The van der Waals surface area contributed by atoms with Gasteiger partial charge in [0.1, 0.15) is 11.3 Å². The SMILES string of the molecule is CCOC(=O)c1ccc(C(F)(F)F)n2ccnc12. The van der Waals surface area contributed by atoms with Gasteiger partial charge in [-0.15, -0.1) is 0 Å². The summed E-state index contributed by atoms with van der Waals surface area (Å²) in [5.41, 5.74) is -0.943. The van der Waals surface area contributed by atoms with E-state index in [9.17, 15) is 18.0 Å². The van der Waals surface area contributed by atoms with Gasteiger partial charge >= 0.3 is 12.1 Å². The molecule has 7 heteroatoms. The highest BCUT2D eigenvalue weighted by molar-refractivity contribution is 5.95. The van der Waals surface area contributed by atoms with Crippen LogP contribution in [0.1, 0.15) is 23.0 Å². The van der Waals surface area contributed by atoms with Crippen LogP contribution in [0, 0.1) is 0 Å². The highest BCUT2D eigenvalue weighted by atomic mass is 19.4. The number of carbonyl (C=O) groups excluding carboxylic acids is 1. The molecule has 0 aromatic carbocycles. The van der Waals surface area contributed by atoms with Gasteiger partial charge in [0.25, 0.3) is 0 Å². The Balaban J connectivity index is 2.61. The molecule has 18 heavy (non-hydrogen) atoms. The Morgan fingerprint density at radius 3 is 2.78 bits per heavy atom. The monoisotopic (exact) mass is 258 g/mol. The molecule has 4 nitrogen and oxygen atoms in total. The highest BCUT2D eigenvalue weighted by Gasteiger charge is 2.34. The number of carbonyl (C=O) groups is 1. The summed E-state index contributed by atoms with van der Waals surface area (Å²) in [4.78, 5) is 15.3. The number of alkyl halides is 3. The summed E-state index contributed by atoms with van der Waals surface area (Å²) in [5.74, 6) is -0.692. The molecule has 0 aliphatic heterocycles. The third-order valence-corrected chi connectivity index (χ3v) is 2.33. The number of nitrogens with zero attached hydrogens (tertiary/aromatic N) is 2. The first kappa shape index (κ1) is 12.4. The molecule has 0 aliphatic rings. The van der Waals surface area contributed by atoms with E-state index in [4.69, 9.17) is 4.74 Å². The summed E-state index contributed by atoms with van der Waals surface area (Å²) in [7, 11) is 0. The zero-order chi connectivity index (χ0) is 13.3. The van der Waals surface area contributed by atoms with Crippen LogP contribution in [-0.2, 0) is 10.9 Å². The van der Waals surface area contributed by atoms with Crippen LogP contribution in [0.3, 0.4) is 0 Å². The Hall–Kier alpha value is -2.05. The van der Waals surface area contributed by atoms with Gasteiger partial charge in [-0.2, -0.15) is 13.2 Å². The molecule has 0 aliphatic carbocycles. The van der Waals surface area contributed by atoms with E-state index in [0.29, 0.717) is 0 Å². The van der Waals surface area contributed by atoms with Crippen molar-refractivity contribution in [1.29, 1.82) is 0 Å². The Labute approximate surface area is 100 Å². The van der Waals surface area contributed by atoms with Crippen LogP contribution >= 0.6 is 0 Å². The Morgan fingerprint density at radius 1 is 1.44 bits per heavy atom. The summed E-state index contributed by atoms with van der Waals surface area (Å²) in [5, 5.41) is 0. The lowest BCUT2D eigenvalue weighted by Gasteiger charge is -2.11. The number of ether oxygens (including phenoxy) is 1. The predicted molar refractivity (Wildman–Crippen MR) is 56.2 cm³/mol. The molecule has 0 saturated heterocycles. The van der Waals surface area contributed by atoms with Crippen molar-refractivity contribution in [1.82, 2.24) is 9.38 Å². The van der Waals surface area contributed by atoms with Crippen LogP contribution in [0.5, 0.6) is 0 Å². The molecular formula is C11H9F3N2O2. The number of esters is 1. The molecule has 2 aromatic heterocycles. The molecule has 0 radical (unpaired) electrons. The fourth-order valence-electron chi connectivity index (χ4n) is 1.61. The summed E-state index contributed by atoms with van der Waals surface area (Å²) >= 11 is 0. The number of halogens is 3. The maximum atomic E-state index is 12.7. The minimum Gasteiger partial charge on any atom is -0.462 e. The lowest BCUT2D eigenvalue weighted by atomic mass is 10.2. The first-order valence-corrected chi connectivity index (χ1v) is 5.15. The van der Waals surface area contributed by atoms with E-state index in [1.165, 1.54) is 6.20 Å². The van der Waals surface area contributed by atoms with Crippen LogP contribution in [0.4, 0.5) is 13.2 Å². The van der Waals surface area contributed by atoms with Gasteiger partial charge in [0.05, 0.1) is 6.61 Å². The van der Waals surface area contributed by atoms with Crippen LogP contribution in [0.15, 0.2) is 24.5 Å². The maximum Gasteiger partial charge on any atom is 0.431 e. The van der Waals surface area contributed by atoms with E-state index in [1.807, 2.05) is 0 Å². The van der Waals surface area contributed by atoms with Gasteiger partial charge in [0.2, 0.25) is 0 Å². The average Bonchev–Trinajstić information content (AvgIpc) is 2.74. The van der Waals surface area contributed by atoms with Crippen molar-refractivity contribution >= 4 is 11.6 Å². The van der Waals surface area contributed by atoms with Gasteiger partial charge in [-0.3, -0.25) is 4.40 Å². The molecule has 0 atom stereocenters. The van der Waals surface area contributed by atoms with Crippen molar-refractivity contribution in [2.45, 2.75) is 13.1 Å². The number of aromatic nitrogens is 2. The van der Waals surface area contributed by atoms with Gasteiger partial charge in [0.15, 0.2) is 5.65 Å². The fraction of sp³-hybridized carbons (Fsp3) is 0.273. The van der Waals surface area contributed by atoms with Gasteiger partial charge < -0.3 is 4.74 Å². The van der Waals surface area contributed by atoms with Gasteiger partial charge in [-0.05, 0) is 19.1 Å². The van der Waals surface area contributed by atoms with Crippen LogP contribution in [-0.4, -0.2) is 22.0 Å². The van der Waals surface area contributed by atoms with Gasteiger partial charge in [0, 0.05) is 12.4 Å². The number of rotatable bonds is 2. The van der Waals surface area contributed by atoms with Crippen molar-refractivity contribution in [3.8, 4) is 0 Å². The maximum absolute atomic E-state index is 12.7. The quantitative estimate of drug-likeness (QED) is 0.777. The topological polar surface area (TPSA) is 43.6 Å². The number of hydrogen-bond acceptors (Lipinski definition) is 3.